The number of nitrogens with one attached hydrogen (secondary N) is 1. The molecule has 2 unspecified atom stereocenters. The van der Waals surface area contributed by atoms with Gasteiger partial charge in [-0.3, -0.25) is 4.79 Å². The summed E-state index contributed by atoms with van der Waals surface area (Å²) in [6.07, 6.45) is 1.51. The van der Waals surface area contributed by atoms with Gasteiger partial charge in [0.2, 0.25) is 0 Å². The third kappa shape index (κ3) is 5.37. The maximum Gasteiger partial charge on any atom is 0.251 e. The van der Waals surface area contributed by atoms with E-state index in [0.717, 1.165) is 16.3 Å². The second-order valence-electron chi connectivity index (χ2n) is 5.33. The lowest BCUT2D eigenvalue weighted by Gasteiger charge is -2.20. The molecule has 23 heavy (non-hydrogen) atoms. The third-order valence-corrected chi connectivity index (χ3v) is 4.32. The van der Waals surface area contributed by atoms with Crippen molar-refractivity contribution in [1.82, 2.24) is 10.3 Å². The minimum Gasteiger partial charge on any atom is -0.391 e. The highest BCUT2D eigenvalue weighted by molar-refractivity contribution is 7.99. The number of hydrogen-bond donors (Lipinski definition) is 2. The number of benzene rings is 1. The molecule has 1 heterocycles. The van der Waals surface area contributed by atoms with Crippen LogP contribution >= 0.6 is 11.8 Å². The zero-order valence-electron chi connectivity index (χ0n) is 13.4. The van der Waals surface area contributed by atoms with E-state index < -0.39 is 6.10 Å². The molecule has 122 valence electrons. The molecule has 1 aromatic heterocycles. The summed E-state index contributed by atoms with van der Waals surface area (Å²) in [6, 6.07) is 12.9. The van der Waals surface area contributed by atoms with Crippen LogP contribution in [0.4, 0.5) is 0 Å². The van der Waals surface area contributed by atoms with Gasteiger partial charge >= 0.3 is 0 Å². The minimum absolute atomic E-state index is 0.190. The molecule has 2 atom stereocenters. The first-order valence-electron chi connectivity index (χ1n) is 7.72. The Morgan fingerprint density at radius 3 is 2.74 bits per heavy atom. The van der Waals surface area contributed by atoms with Crippen LogP contribution in [0.1, 0.15) is 29.8 Å². The zero-order chi connectivity index (χ0) is 16.7. The number of nitrogens with zero attached hydrogens (tertiary/aromatic N) is 1. The Morgan fingerprint density at radius 2 is 2.04 bits per heavy atom. The van der Waals surface area contributed by atoms with Gasteiger partial charge in [0.1, 0.15) is 0 Å². The molecule has 0 aliphatic heterocycles. The molecule has 0 radical (unpaired) electrons. The highest BCUT2D eigenvalue weighted by Crippen LogP contribution is 2.15. The molecule has 1 aromatic carbocycles. The molecular weight excluding hydrogens is 308 g/mol. The fourth-order valence-corrected chi connectivity index (χ4v) is 2.84. The van der Waals surface area contributed by atoms with Crippen LogP contribution < -0.4 is 5.32 Å². The monoisotopic (exact) mass is 330 g/mol. The van der Waals surface area contributed by atoms with E-state index in [1.807, 2.05) is 44.2 Å². The fourth-order valence-electron chi connectivity index (χ4n) is 2.20. The second-order valence-corrected chi connectivity index (χ2v) is 6.62. The van der Waals surface area contributed by atoms with Gasteiger partial charge in [0.25, 0.3) is 5.91 Å². The SMILES string of the molecule is CCSc1cc(C(=O)NC(C)C(O)Cc2ccccc2)ccn1. The van der Waals surface area contributed by atoms with E-state index in [9.17, 15) is 9.90 Å². The van der Waals surface area contributed by atoms with Gasteiger partial charge in [0, 0.05) is 18.2 Å². The van der Waals surface area contributed by atoms with Crippen molar-refractivity contribution < 1.29 is 9.90 Å². The van der Waals surface area contributed by atoms with Gasteiger partial charge in [0.15, 0.2) is 0 Å². The van der Waals surface area contributed by atoms with Crippen LogP contribution in [-0.4, -0.2) is 33.9 Å². The molecule has 0 saturated carbocycles. The molecule has 5 heteroatoms. The standard InChI is InChI=1S/C18H22N2O2S/c1-3-23-17-12-15(9-10-19-17)18(22)20-13(2)16(21)11-14-7-5-4-6-8-14/h4-10,12-13,16,21H,3,11H2,1-2H3,(H,20,22). The van der Waals surface area contributed by atoms with Crippen LogP contribution in [0.5, 0.6) is 0 Å². The number of rotatable bonds is 7. The maximum absolute atomic E-state index is 12.3. The van der Waals surface area contributed by atoms with Crippen LogP contribution in [0.3, 0.4) is 0 Å². The fraction of sp³-hybridized carbons (Fsp3) is 0.333. The van der Waals surface area contributed by atoms with E-state index in [4.69, 9.17) is 0 Å². The lowest BCUT2D eigenvalue weighted by atomic mass is 10.0. The van der Waals surface area contributed by atoms with Crippen molar-refractivity contribution in [1.29, 1.82) is 0 Å². The molecule has 0 bridgehead atoms. The van der Waals surface area contributed by atoms with E-state index >= 15 is 0 Å². The number of carbonyl (C=O) groups is 1. The number of thioether (sulfide) groups is 1. The van der Waals surface area contributed by atoms with Crippen molar-refractivity contribution in [3.8, 4) is 0 Å². The van der Waals surface area contributed by atoms with Crippen molar-refractivity contribution >= 4 is 17.7 Å². The van der Waals surface area contributed by atoms with Crippen LogP contribution in [0, 0.1) is 0 Å². The molecule has 2 N–H and O–H groups in total. The lowest BCUT2D eigenvalue weighted by molar-refractivity contribution is 0.0851. The highest BCUT2D eigenvalue weighted by atomic mass is 32.2. The molecule has 0 aliphatic carbocycles. The predicted octanol–water partition coefficient (Wildman–Crippen LogP) is 2.92. The van der Waals surface area contributed by atoms with Crippen molar-refractivity contribution in [3.05, 3.63) is 59.8 Å². The Labute approximate surface area is 141 Å². The maximum atomic E-state index is 12.3. The van der Waals surface area contributed by atoms with Gasteiger partial charge in [-0.15, -0.1) is 11.8 Å². The summed E-state index contributed by atoms with van der Waals surface area (Å²) in [7, 11) is 0. The largest absolute Gasteiger partial charge is 0.391 e. The van der Waals surface area contributed by atoms with E-state index in [-0.39, 0.29) is 11.9 Å². The second kappa shape index (κ2) is 8.70. The first kappa shape index (κ1) is 17.5. The summed E-state index contributed by atoms with van der Waals surface area (Å²) < 4.78 is 0. The molecule has 2 rings (SSSR count). The Balaban J connectivity index is 1.94. The van der Waals surface area contributed by atoms with Gasteiger partial charge in [-0.1, -0.05) is 37.3 Å². The molecule has 1 amide bonds. The average molecular weight is 330 g/mol. The summed E-state index contributed by atoms with van der Waals surface area (Å²) in [5.74, 6) is 0.717. The number of pyridine rings is 1. The van der Waals surface area contributed by atoms with E-state index in [2.05, 4.69) is 10.3 Å². The quantitative estimate of drug-likeness (QED) is 0.766. The van der Waals surface area contributed by atoms with Gasteiger partial charge in [-0.25, -0.2) is 4.98 Å². The highest BCUT2D eigenvalue weighted by Gasteiger charge is 2.18. The topological polar surface area (TPSA) is 62.2 Å². The summed E-state index contributed by atoms with van der Waals surface area (Å²) in [5, 5.41) is 14.0. The molecule has 2 aromatic rings. The van der Waals surface area contributed by atoms with Crippen molar-refractivity contribution in [3.63, 3.8) is 0 Å². The normalized spacial score (nSPS) is 13.3. The van der Waals surface area contributed by atoms with Crippen LogP contribution in [0.2, 0.25) is 0 Å². The number of aliphatic hydroxyl groups excluding tert-OH is 1. The minimum atomic E-state index is -0.632. The predicted molar refractivity (Wildman–Crippen MR) is 93.7 cm³/mol. The first-order chi connectivity index (χ1) is 11.1. The number of aromatic nitrogens is 1. The molecular formula is C18H22N2O2S. The first-order valence-corrected chi connectivity index (χ1v) is 8.70. The lowest BCUT2D eigenvalue weighted by Crippen LogP contribution is -2.42. The zero-order valence-corrected chi connectivity index (χ0v) is 14.2. The summed E-state index contributed by atoms with van der Waals surface area (Å²) >= 11 is 1.59. The molecule has 0 aliphatic rings. The summed E-state index contributed by atoms with van der Waals surface area (Å²) in [5.41, 5.74) is 1.61. The van der Waals surface area contributed by atoms with E-state index in [0.29, 0.717) is 12.0 Å². The number of aliphatic hydroxyl groups is 1. The van der Waals surface area contributed by atoms with E-state index in [1.54, 1.807) is 30.1 Å². The average Bonchev–Trinajstić information content (AvgIpc) is 2.56. The molecule has 4 nitrogen and oxygen atoms in total. The number of amides is 1. The molecule has 0 saturated heterocycles. The third-order valence-electron chi connectivity index (χ3n) is 3.51. The van der Waals surface area contributed by atoms with Crippen molar-refractivity contribution in [2.45, 2.75) is 37.4 Å². The van der Waals surface area contributed by atoms with Crippen LogP contribution in [0.15, 0.2) is 53.7 Å². The van der Waals surface area contributed by atoms with Crippen molar-refractivity contribution in [2.75, 3.05) is 5.75 Å². The summed E-state index contributed by atoms with van der Waals surface area (Å²) in [6.45, 7) is 3.86. The molecule has 0 spiro atoms. The van der Waals surface area contributed by atoms with Gasteiger partial charge < -0.3 is 10.4 Å². The Hall–Kier alpha value is -1.85. The van der Waals surface area contributed by atoms with E-state index in [1.165, 1.54) is 0 Å². The number of hydrogen-bond acceptors (Lipinski definition) is 4. The summed E-state index contributed by atoms with van der Waals surface area (Å²) in [4.78, 5) is 16.5. The van der Waals surface area contributed by atoms with Crippen LogP contribution in [-0.2, 0) is 6.42 Å². The van der Waals surface area contributed by atoms with Crippen molar-refractivity contribution in [2.24, 2.45) is 0 Å². The van der Waals surface area contributed by atoms with Gasteiger partial charge in [-0.05, 0) is 30.4 Å². The Bertz CT molecular complexity index is 634. The van der Waals surface area contributed by atoms with Gasteiger partial charge in [0.05, 0.1) is 17.2 Å². The number of carbonyl (C=O) groups excluding carboxylic acids is 1. The smallest absolute Gasteiger partial charge is 0.251 e. The van der Waals surface area contributed by atoms with Gasteiger partial charge in [-0.2, -0.15) is 0 Å². The molecule has 0 fully saturated rings. The van der Waals surface area contributed by atoms with Crippen LogP contribution in [0.25, 0.3) is 0 Å². The Kier molecular flexibility index (Phi) is 6.62. The Morgan fingerprint density at radius 1 is 1.30 bits per heavy atom.